The third kappa shape index (κ3) is 2.74. The molecule has 1 amide bonds. The van der Waals surface area contributed by atoms with E-state index in [1.165, 1.54) is 4.90 Å². The number of hydrogen-bond donors (Lipinski definition) is 0. The van der Waals surface area contributed by atoms with Crippen molar-refractivity contribution < 1.29 is 17.9 Å². The number of sulfone groups is 1. The maximum absolute atomic E-state index is 12.5. The van der Waals surface area contributed by atoms with E-state index < -0.39 is 15.3 Å². The Morgan fingerprint density at radius 1 is 1.42 bits per heavy atom. The number of carbonyl (C=O) groups is 1. The molecule has 0 radical (unpaired) electrons. The van der Waals surface area contributed by atoms with E-state index in [0.29, 0.717) is 32.5 Å². The van der Waals surface area contributed by atoms with Gasteiger partial charge in [-0.2, -0.15) is 5.26 Å². The van der Waals surface area contributed by atoms with Crippen LogP contribution < -0.4 is 0 Å². The second-order valence-corrected chi connectivity index (χ2v) is 7.51. The molecule has 2 aliphatic rings. The van der Waals surface area contributed by atoms with Crippen LogP contribution in [0.4, 0.5) is 0 Å². The van der Waals surface area contributed by atoms with E-state index in [1.54, 1.807) is 7.05 Å². The summed E-state index contributed by atoms with van der Waals surface area (Å²) < 4.78 is 28.1. The second-order valence-electron chi connectivity index (χ2n) is 5.28. The number of carbonyl (C=O) groups excluding carboxylic acids is 1. The van der Waals surface area contributed by atoms with Crippen molar-refractivity contribution in [2.75, 3.05) is 31.8 Å². The van der Waals surface area contributed by atoms with Crippen molar-refractivity contribution in [3.63, 3.8) is 0 Å². The molecule has 2 fully saturated rings. The van der Waals surface area contributed by atoms with Crippen LogP contribution in [0.3, 0.4) is 0 Å². The first-order valence-corrected chi connectivity index (χ1v) is 8.19. The van der Waals surface area contributed by atoms with E-state index in [-0.39, 0.29) is 23.5 Å². The van der Waals surface area contributed by atoms with Gasteiger partial charge in [0.05, 0.1) is 17.6 Å². The molecule has 7 heteroatoms. The summed E-state index contributed by atoms with van der Waals surface area (Å²) >= 11 is 0. The minimum atomic E-state index is -3.03. The molecule has 1 unspecified atom stereocenters. The van der Waals surface area contributed by atoms with Gasteiger partial charge in [0.2, 0.25) is 5.91 Å². The molecule has 106 valence electrons. The summed E-state index contributed by atoms with van der Waals surface area (Å²) in [7, 11) is -1.43. The van der Waals surface area contributed by atoms with Gasteiger partial charge in [-0.15, -0.1) is 0 Å². The molecule has 19 heavy (non-hydrogen) atoms. The average Bonchev–Trinajstić information content (AvgIpc) is 2.78. The lowest BCUT2D eigenvalue weighted by Crippen LogP contribution is -2.48. The quantitative estimate of drug-likeness (QED) is 0.710. The van der Waals surface area contributed by atoms with Gasteiger partial charge in [-0.25, -0.2) is 8.42 Å². The molecule has 0 aromatic rings. The van der Waals surface area contributed by atoms with Crippen molar-refractivity contribution >= 4 is 15.7 Å². The van der Waals surface area contributed by atoms with Crippen LogP contribution in [0.15, 0.2) is 0 Å². The molecule has 6 nitrogen and oxygen atoms in total. The fourth-order valence-corrected chi connectivity index (χ4v) is 4.45. The van der Waals surface area contributed by atoms with Crippen LogP contribution in [0.1, 0.15) is 19.3 Å². The molecule has 0 aromatic heterocycles. The minimum Gasteiger partial charge on any atom is -0.381 e. The number of amides is 1. The largest absolute Gasteiger partial charge is 0.381 e. The first kappa shape index (κ1) is 14.3. The van der Waals surface area contributed by atoms with Gasteiger partial charge < -0.3 is 9.64 Å². The van der Waals surface area contributed by atoms with E-state index in [4.69, 9.17) is 4.74 Å². The molecule has 1 atom stereocenters. The fraction of sp³-hybridized carbons (Fsp3) is 0.833. The van der Waals surface area contributed by atoms with Gasteiger partial charge in [0.15, 0.2) is 9.84 Å². The highest BCUT2D eigenvalue weighted by atomic mass is 32.2. The molecule has 2 rings (SSSR count). The predicted octanol–water partition coefficient (Wildman–Crippen LogP) is -0.0477. The van der Waals surface area contributed by atoms with E-state index in [9.17, 15) is 18.5 Å². The molecule has 2 saturated heterocycles. The zero-order valence-electron chi connectivity index (χ0n) is 11.0. The lowest BCUT2D eigenvalue weighted by atomic mass is 9.80. The van der Waals surface area contributed by atoms with Gasteiger partial charge in [-0.05, 0) is 19.3 Å². The smallest absolute Gasteiger partial charge is 0.243 e. The Hall–Kier alpha value is -1.13. The predicted molar refractivity (Wildman–Crippen MR) is 67.9 cm³/mol. The van der Waals surface area contributed by atoms with Crippen LogP contribution in [0.2, 0.25) is 0 Å². The van der Waals surface area contributed by atoms with Crippen LogP contribution in [0, 0.1) is 16.7 Å². The van der Waals surface area contributed by atoms with Gasteiger partial charge in [-0.3, -0.25) is 4.79 Å². The van der Waals surface area contributed by atoms with Crippen molar-refractivity contribution in [2.24, 2.45) is 5.41 Å². The normalized spacial score (nSPS) is 28.5. The molecule has 0 bridgehead atoms. The monoisotopic (exact) mass is 286 g/mol. The molecule has 2 heterocycles. The van der Waals surface area contributed by atoms with E-state index in [0.717, 1.165) is 0 Å². The Morgan fingerprint density at radius 2 is 2.05 bits per heavy atom. The van der Waals surface area contributed by atoms with Crippen molar-refractivity contribution in [3.8, 4) is 6.07 Å². The molecule has 0 saturated carbocycles. The SMILES string of the molecule is CN(C(=O)C1(C#N)CCOCC1)C1CCS(=O)(=O)C1. The van der Waals surface area contributed by atoms with Crippen molar-refractivity contribution in [1.29, 1.82) is 5.26 Å². The van der Waals surface area contributed by atoms with E-state index in [2.05, 4.69) is 6.07 Å². The summed E-state index contributed by atoms with van der Waals surface area (Å²) in [6.07, 6.45) is 1.22. The number of hydrogen-bond acceptors (Lipinski definition) is 5. The Balaban J connectivity index is 2.12. The Morgan fingerprint density at radius 3 is 2.53 bits per heavy atom. The van der Waals surface area contributed by atoms with Crippen LogP contribution in [-0.4, -0.2) is 57.0 Å². The Labute approximate surface area is 113 Å². The standard InChI is InChI=1S/C12H18N2O4S/c1-14(10-2-7-19(16,17)8-10)11(15)12(9-13)3-5-18-6-4-12/h10H,2-8H2,1H3. The molecule has 0 spiro atoms. The zero-order chi connectivity index (χ0) is 14.1. The first-order valence-electron chi connectivity index (χ1n) is 6.37. The fourth-order valence-electron chi connectivity index (χ4n) is 2.68. The van der Waals surface area contributed by atoms with Gasteiger partial charge in [-0.1, -0.05) is 0 Å². The van der Waals surface area contributed by atoms with Crippen LogP contribution in [-0.2, 0) is 19.4 Å². The van der Waals surface area contributed by atoms with Crippen molar-refractivity contribution in [2.45, 2.75) is 25.3 Å². The summed E-state index contributed by atoms with van der Waals surface area (Å²) in [5.74, 6) is -0.133. The topological polar surface area (TPSA) is 87.5 Å². The van der Waals surface area contributed by atoms with Gasteiger partial charge in [0, 0.05) is 26.3 Å². The number of nitrogens with zero attached hydrogens (tertiary/aromatic N) is 2. The Kier molecular flexibility index (Phi) is 3.83. The van der Waals surface area contributed by atoms with Gasteiger partial charge in [0.1, 0.15) is 5.41 Å². The number of ether oxygens (including phenoxy) is 1. The van der Waals surface area contributed by atoms with Crippen LogP contribution in [0.5, 0.6) is 0 Å². The highest BCUT2D eigenvalue weighted by Gasteiger charge is 2.45. The van der Waals surface area contributed by atoms with Gasteiger partial charge in [0.25, 0.3) is 0 Å². The highest BCUT2D eigenvalue weighted by Crippen LogP contribution is 2.33. The second kappa shape index (κ2) is 5.10. The molecule has 0 aliphatic carbocycles. The zero-order valence-corrected chi connectivity index (χ0v) is 11.8. The molecular formula is C12H18N2O4S. The van der Waals surface area contributed by atoms with Crippen LogP contribution >= 0.6 is 0 Å². The molecular weight excluding hydrogens is 268 g/mol. The molecule has 0 aromatic carbocycles. The average molecular weight is 286 g/mol. The van der Waals surface area contributed by atoms with Crippen LogP contribution in [0.25, 0.3) is 0 Å². The maximum Gasteiger partial charge on any atom is 0.243 e. The Bertz CT molecular complexity index is 502. The summed E-state index contributed by atoms with van der Waals surface area (Å²) in [5, 5.41) is 9.34. The number of nitriles is 1. The third-order valence-corrected chi connectivity index (χ3v) is 5.80. The van der Waals surface area contributed by atoms with E-state index >= 15 is 0 Å². The highest BCUT2D eigenvalue weighted by molar-refractivity contribution is 7.91. The lowest BCUT2D eigenvalue weighted by molar-refractivity contribution is -0.143. The van der Waals surface area contributed by atoms with Crippen molar-refractivity contribution in [1.82, 2.24) is 4.90 Å². The lowest BCUT2D eigenvalue weighted by Gasteiger charge is -2.35. The maximum atomic E-state index is 12.5. The van der Waals surface area contributed by atoms with Gasteiger partial charge >= 0.3 is 0 Å². The number of rotatable bonds is 2. The van der Waals surface area contributed by atoms with E-state index in [1.807, 2.05) is 0 Å². The van der Waals surface area contributed by atoms with Crippen molar-refractivity contribution in [3.05, 3.63) is 0 Å². The molecule has 2 aliphatic heterocycles. The first-order chi connectivity index (χ1) is 8.90. The summed E-state index contributed by atoms with van der Waals surface area (Å²) in [5.41, 5.74) is -1.04. The summed E-state index contributed by atoms with van der Waals surface area (Å²) in [6, 6.07) is 1.82. The minimum absolute atomic E-state index is 0.00719. The summed E-state index contributed by atoms with van der Waals surface area (Å²) in [4.78, 5) is 14.0. The summed E-state index contributed by atoms with van der Waals surface area (Å²) in [6.45, 7) is 0.798. The molecule has 0 N–H and O–H groups in total. The third-order valence-electron chi connectivity index (χ3n) is 4.05.